The van der Waals surface area contributed by atoms with Crippen molar-refractivity contribution in [3.8, 4) is 11.4 Å². The Balaban J connectivity index is 1.72. The molecule has 0 atom stereocenters. The Kier molecular flexibility index (Phi) is 4.86. The second-order valence-corrected chi connectivity index (χ2v) is 6.60. The van der Waals surface area contributed by atoms with Crippen molar-refractivity contribution in [2.24, 2.45) is 0 Å². The zero-order valence-corrected chi connectivity index (χ0v) is 15.0. The monoisotopic (exact) mass is 403 g/mol. The molecule has 10 heteroatoms. The van der Waals surface area contributed by atoms with Crippen LogP contribution >= 0.6 is 11.8 Å². The first-order valence-corrected chi connectivity index (χ1v) is 8.91. The van der Waals surface area contributed by atoms with Crippen molar-refractivity contribution >= 4 is 11.8 Å². The van der Waals surface area contributed by atoms with Crippen molar-refractivity contribution in [1.82, 2.24) is 24.7 Å². The molecule has 1 aromatic carbocycles. The minimum Gasteiger partial charge on any atom is -0.467 e. The molecule has 0 radical (unpaired) electrons. The van der Waals surface area contributed by atoms with E-state index < -0.39 is 11.9 Å². The number of halogens is 3. The smallest absolute Gasteiger partial charge is 0.433 e. The number of hydrogen-bond donors (Lipinski definition) is 0. The summed E-state index contributed by atoms with van der Waals surface area (Å²) in [6.07, 6.45) is -1.93. The molecule has 4 aromatic rings. The Morgan fingerprint density at radius 2 is 1.82 bits per heavy atom. The molecule has 0 spiro atoms. The SMILES string of the molecule is FC(F)(F)c1ccnc(Sc2nnc(-c3ccccc3)n2Cc2ccco2)n1. The molecule has 0 aliphatic carbocycles. The van der Waals surface area contributed by atoms with Gasteiger partial charge in [0.25, 0.3) is 0 Å². The molecule has 6 nitrogen and oxygen atoms in total. The Morgan fingerprint density at radius 1 is 1.00 bits per heavy atom. The highest BCUT2D eigenvalue weighted by Crippen LogP contribution is 2.31. The molecule has 28 heavy (non-hydrogen) atoms. The number of benzene rings is 1. The average molecular weight is 403 g/mol. The Labute approximate surface area is 161 Å². The van der Waals surface area contributed by atoms with Crippen molar-refractivity contribution in [2.75, 3.05) is 0 Å². The van der Waals surface area contributed by atoms with Gasteiger partial charge in [-0.2, -0.15) is 13.2 Å². The highest BCUT2D eigenvalue weighted by Gasteiger charge is 2.33. The fourth-order valence-electron chi connectivity index (χ4n) is 2.50. The van der Waals surface area contributed by atoms with Crippen LogP contribution in [0.5, 0.6) is 0 Å². The molecule has 0 saturated carbocycles. The van der Waals surface area contributed by atoms with E-state index in [2.05, 4.69) is 20.2 Å². The maximum atomic E-state index is 12.9. The summed E-state index contributed by atoms with van der Waals surface area (Å²) in [6, 6.07) is 13.7. The Bertz CT molecular complexity index is 1060. The molecule has 0 amide bonds. The number of hydrogen-bond acceptors (Lipinski definition) is 6. The summed E-state index contributed by atoms with van der Waals surface area (Å²) in [5.41, 5.74) is -0.191. The largest absolute Gasteiger partial charge is 0.467 e. The van der Waals surface area contributed by atoms with E-state index in [0.717, 1.165) is 29.6 Å². The molecular weight excluding hydrogens is 391 g/mol. The van der Waals surface area contributed by atoms with E-state index >= 15 is 0 Å². The lowest BCUT2D eigenvalue weighted by Crippen LogP contribution is -2.09. The summed E-state index contributed by atoms with van der Waals surface area (Å²) in [4.78, 5) is 7.50. The van der Waals surface area contributed by atoms with Gasteiger partial charge in [0.2, 0.25) is 0 Å². The summed E-state index contributed by atoms with van der Waals surface area (Å²) in [7, 11) is 0. The molecule has 0 saturated heterocycles. The molecule has 3 aromatic heterocycles. The molecule has 142 valence electrons. The first kappa shape index (κ1) is 18.2. The summed E-state index contributed by atoms with van der Waals surface area (Å²) in [6.45, 7) is 0.311. The van der Waals surface area contributed by atoms with Crippen LogP contribution in [-0.4, -0.2) is 24.7 Å². The van der Waals surface area contributed by atoms with Crippen LogP contribution in [0, 0.1) is 0 Å². The lowest BCUT2D eigenvalue weighted by molar-refractivity contribution is -0.141. The first-order valence-electron chi connectivity index (χ1n) is 8.10. The maximum absolute atomic E-state index is 12.9. The molecular formula is C18H12F3N5OS. The van der Waals surface area contributed by atoms with E-state index in [0.29, 0.717) is 23.3 Å². The fraction of sp³-hybridized carbons (Fsp3) is 0.111. The van der Waals surface area contributed by atoms with Crippen molar-refractivity contribution in [3.05, 3.63) is 72.4 Å². The van der Waals surface area contributed by atoms with Crippen LogP contribution in [0.25, 0.3) is 11.4 Å². The zero-order valence-electron chi connectivity index (χ0n) is 14.2. The number of furan rings is 1. The third-order valence-electron chi connectivity index (χ3n) is 3.75. The van der Waals surface area contributed by atoms with Gasteiger partial charge in [-0.1, -0.05) is 30.3 Å². The maximum Gasteiger partial charge on any atom is 0.433 e. The topological polar surface area (TPSA) is 69.6 Å². The zero-order chi connectivity index (χ0) is 19.6. The van der Waals surface area contributed by atoms with E-state index in [-0.39, 0.29) is 5.16 Å². The van der Waals surface area contributed by atoms with E-state index in [1.165, 1.54) is 0 Å². The quantitative estimate of drug-likeness (QED) is 0.456. The van der Waals surface area contributed by atoms with E-state index in [4.69, 9.17) is 4.42 Å². The van der Waals surface area contributed by atoms with Crippen molar-refractivity contribution in [3.63, 3.8) is 0 Å². The number of nitrogens with zero attached hydrogens (tertiary/aromatic N) is 5. The summed E-state index contributed by atoms with van der Waals surface area (Å²) in [5.74, 6) is 1.22. The van der Waals surface area contributed by atoms with Gasteiger partial charge in [-0.3, -0.25) is 4.57 Å². The molecule has 0 bridgehead atoms. The minimum absolute atomic E-state index is 0.0671. The van der Waals surface area contributed by atoms with Crippen LogP contribution in [0.15, 0.2) is 75.7 Å². The van der Waals surface area contributed by atoms with Gasteiger partial charge in [0, 0.05) is 11.8 Å². The Morgan fingerprint density at radius 3 is 2.54 bits per heavy atom. The second-order valence-electron chi connectivity index (χ2n) is 5.66. The summed E-state index contributed by atoms with van der Waals surface area (Å²) < 4.78 is 45.9. The standard InChI is InChI=1S/C18H12F3N5OS/c19-18(20,21)14-8-9-22-16(23-14)28-17-25-24-15(12-5-2-1-3-6-12)26(17)11-13-7-4-10-27-13/h1-10H,11H2. The van der Waals surface area contributed by atoms with Gasteiger partial charge >= 0.3 is 6.18 Å². The van der Waals surface area contributed by atoms with E-state index in [9.17, 15) is 13.2 Å². The minimum atomic E-state index is -4.55. The van der Waals surface area contributed by atoms with Crippen LogP contribution in [0.3, 0.4) is 0 Å². The summed E-state index contributed by atoms with van der Waals surface area (Å²) >= 11 is 0.907. The molecule has 3 heterocycles. The molecule has 0 aliphatic heterocycles. The fourth-order valence-corrected chi connectivity index (χ4v) is 3.26. The van der Waals surface area contributed by atoms with Gasteiger partial charge in [-0.05, 0) is 30.0 Å². The van der Waals surface area contributed by atoms with Crippen molar-refractivity contribution in [1.29, 1.82) is 0 Å². The van der Waals surface area contributed by atoms with Crippen LogP contribution < -0.4 is 0 Å². The van der Waals surface area contributed by atoms with Crippen LogP contribution in [0.4, 0.5) is 13.2 Å². The van der Waals surface area contributed by atoms with Crippen LogP contribution in [-0.2, 0) is 12.7 Å². The molecule has 4 rings (SSSR count). The van der Waals surface area contributed by atoms with Gasteiger partial charge in [-0.15, -0.1) is 10.2 Å². The molecule has 0 unspecified atom stereocenters. The van der Waals surface area contributed by atoms with E-state index in [1.54, 1.807) is 23.0 Å². The average Bonchev–Trinajstić information content (AvgIpc) is 3.33. The predicted molar refractivity (Wildman–Crippen MR) is 94.4 cm³/mol. The number of aromatic nitrogens is 5. The first-order chi connectivity index (χ1) is 13.5. The summed E-state index contributed by atoms with van der Waals surface area (Å²) in [5, 5.41) is 8.63. The third kappa shape index (κ3) is 3.91. The molecule has 0 fully saturated rings. The predicted octanol–water partition coefficient (Wildman–Crippen LogP) is 4.55. The van der Waals surface area contributed by atoms with Gasteiger partial charge < -0.3 is 4.42 Å². The number of rotatable bonds is 5. The number of alkyl halides is 3. The molecule has 0 N–H and O–H groups in total. The molecule has 0 aliphatic rings. The van der Waals surface area contributed by atoms with Gasteiger partial charge in [0.15, 0.2) is 16.1 Å². The van der Waals surface area contributed by atoms with Gasteiger partial charge in [0.05, 0.1) is 12.8 Å². The van der Waals surface area contributed by atoms with Crippen molar-refractivity contribution < 1.29 is 17.6 Å². The lowest BCUT2D eigenvalue weighted by atomic mass is 10.2. The lowest BCUT2D eigenvalue weighted by Gasteiger charge is -2.09. The third-order valence-corrected chi connectivity index (χ3v) is 4.61. The normalized spacial score (nSPS) is 11.7. The second kappa shape index (κ2) is 7.47. The highest BCUT2D eigenvalue weighted by molar-refractivity contribution is 7.99. The van der Waals surface area contributed by atoms with E-state index in [1.807, 2.05) is 30.3 Å². The van der Waals surface area contributed by atoms with Gasteiger partial charge in [-0.25, -0.2) is 9.97 Å². The van der Waals surface area contributed by atoms with Crippen LogP contribution in [0.1, 0.15) is 11.5 Å². The van der Waals surface area contributed by atoms with Crippen molar-refractivity contribution in [2.45, 2.75) is 23.0 Å². The Hall–Kier alpha value is -3.14. The highest BCUT2D eigenvalue weighted by atomic mass is 32.2. The van der Waals surface area contributed by atoms with Gasteiger partial charge in [0.1, 0.15) is 11.5 Å². The van der Waals surface area contributed by atoms with Crippen LogP contribution in [0.2, 0.25) is 0 Å².